The van der Waals surface area contributed by atoms with Gasteiger partial charge in [-0.15, -0.1) is 0 Å². The molecule has 0 amide bonds. The van der Waals surface area contributed by atoms with E-state index in [0.717, 1.165) is 37.3 Å². The van der Waals surface area contributed by atoms with Gasteiger partial charge in [-0.3, -0.25) is 4.90 Å². The molecule has 106 valence electrons. The molecule has 3 heteroatoms. The Hall–Kier alpha value is -0.930. The van der Waals surface area contributed by atoms with Crippen LogP contribution in [0.15, 0.2) is 18.2 Å². The molecule has 1 N–H and O–H groups in total. The van der Waals surface area contributed by atoms with Gasteiger partial charge in [0.15, 0.2) is 0 Å². The summed E-state index contributed by atoms with van der Waals surface area (Å²) in [5.74, 6) is -0.0774. The van der Waals surface area contributed by atoms with Crippen molar-refractivity contribution >= 4 is 0 Å². The minimum atomic E-state index is -0.0774. The third-order valence-corrected chi connectivity index (χ3v) is 3.53. The summed E-state index contributed by atoms with van der Waals surface area (Å²) in [5.41, 5.74) is 2.07. The monoisotopic (exact) mass is 264 g/mol. The number of hydrogen-bond acceptors (Lipinski definition) is 2. The highest BCUT2D eigenvalue weighted by molar-refractivity contribution is 5.25. The number of likely N-dealkylation sites (tertiary alicyclic amines) is 1. The third-order valence-electron chi connectivity index (χ3n) is 3.53. The van der Waals surface area contributed by atoms with Crippen LogP contribution in [0.3, 0.4) is 0 Å². The van der Waals surface area contributed by atoms with E-state index < -0.39 is 0 Å². The van der Waals surface area contributed by atoms with Crippen molar-refractivity contribution < 1.29 is 4.39 Å². The molecule has 0 spiro atoms. The molecule has 1 fully saturated rings. The maximum Gasteiger partial charge on any atom is 0.127 e. The van der Waals surface area contributed by atoms with Crippen molar-refractivity contribution in [2.24, 2.45) is 0 Å². The van der Waals surface area contributed by atoms with Gasteiger partial charge < -0.3 is 5.32 Å². The van der Waals surface area contributed by atoms with E-state index in [1.807, 2.05) is 12.1 Å². The van der Waals surface area contributed by atoms with Crippen molar-refractivity contribution in [2.45, 2.75) is 52.2 Å². The van der Waals surface area contributed by atoms with Gasteiger partial charge in [0.1, 0.15) is 5.82 Å². The molecule has 2 nitrogen and oxygen atoms in total. The first-order valence-electron chi connectivity index (χ1n) is 7.19. The van der Waals surface area contributed by atoms with Crippen LogP contribution in [0.1, 0.15) is 44.7 Å². The second-order valence-electron chi connectivity index (χ2n) is 6.51. The van der Waals surface area contributed by atoms with E-state index in [9.17, 15) is 4.39 Å². The average Bonchev–Trinajstić information content (AvgIpc) is 2.82. The van der Waals surface area contributed by atoms with Crippen LogP contribution in [-0.4, -0.2) is 23.5 Å². The Morgan fingerprint density at radius 3 is 2.53 bits per heavy atom. The Labute approximate surface area is 116 Å². The molecule has 2 rings (SSSR count). The number of nitrogens with zero attached hydrogens (tertiary/aromatic N) is 1. The smallest absolute Gasteiger partial charge is 0.127 e. The number of benzene rings is 1. The SMILES string of the molecule is CC(C)(C)NCc1ccc(F)c(CN2CCCC2)c1. The lowest BCUT2D eigenvalue weighted by Crippen LogP contribution is -2.35. The van der Waals surface area contributed by atoms with E-state index in [1.54, 1.807) is 6.07 Å². The summed E-state index contributed by atoms with van der Waals surface area (Å²) in [4.78, 5) is 2.33. The average molecular weight is 264 g/mol. The summed E-state index contributed by atoms with van der Waals surface area (Å²) >= 11 is 0. The maximum absolute atomic E-state index is 13.9. The lowest BCUT2D eigenvalue weighted by atomic mass is 10.1. The van der Waals surface area contributed by atoms with Crippen LogP contribution in [0.25, 0.3) is 0 Å². The molecule has 1 aromatic carbocycles. The fourth-order valence-corrected chi connectivity index (χ4v) is 2.41. The van der Waals surface area contributed by atoms with Crippen LogP contribution in [0.5, 0.6) is 0 Å². The molecular formula is C16H25FN2. The zero-order chi connectivity index (χ0) is 13.9. The van der Waals surface area contributed by atoms with Gasteiger partial charge in [-0.1, -0.05) is 12.1 Å². The van der Waals surface area contributed by atoms with E-state index in [2.05, 4.69) is 31.0 Å². The molecule has 0 bridgehead atoms. The van der Waals surface area contributed by atoms with Gasteiger partial charge in [0, 0.05) is 24.2 Å². The van der Waals surface area contributed by atoms with E-state index in [-0.39, 0.29) is 11.4 Å². The molecule has 0 saturated carbocycles. The minimum Gasteiger partial charge on any atom is -0.308 e. The van der Waals surface area contributed by atoms with Gasteiger partial charge in [0.2, 0.25) is 0 Å². The fourth-order valence-electron chi connectivity index (χ4n) is 2.41. The van der Waals surface area contributed by atoms with Gasteiger partial charge in [0.25, 0.3) is 0 Å². The molecule has 0 radical (unpaired) electrons. The summed E-state index contributed by atoms with van der Waals surface area (Å²) in [6, 6.07) is 5.49. The van der Waals surface area contributed by atoms with E-state index >= 15 is 0 Å². The van der Waals surface area contributed by atoms with Gasteiger partial charge >= 0.3 is 0 Å². The second-order valence-corrected chi connectivity index (χ2v) is 6.51. The summed E-state index contributed by atoms with van der Waals surface area (Å²) in [6.45, 7) is 10.2. The van der Waals surface area contributed by atoms with Crippen molar-refractivity contribution in [2.75, 3.05) is 13.1 Å². The number of hydrogen-bond donors (Lipinski definition) is 1. The van der Waals surface area contributed by atoms with Gasteiger partial charge in [-0.2, -0.15) is 0 Å². The van der Waals surface area contributed by atoms with Crippen LogP contribution in [0.4, 0.5) is 4.39 Å². The second kappa shape index (κ2) is 6.02. The zero-order valence-corrected chi connectivity index (χ0v) is 12.3. The van der Waals surface area contributed by atoms with E-state index in [4.69, 9.17) is 0 Å². The zero-order valence-electron chi connectivity index (χ0n) is 12.3. The molecule has 0 aromatic heterocycles. The van der Waals surface area contributed by atoms with E-state index in [1.165, 1.54) is 12.8 Å². The maximum atomic E-state index is 13.9. The molecule has 0 atom stereocenters. The molecule has 1 aliphatic heterocycles. The normalized spacial score (nSPS) is 17.1. The Kier molecular flexibility index (Phi) is 4.58. The predicted octanol–water partition coefficient (Wildman–Crippen LogP) is 3.31. The van der Waals surface area contributed by atoms with Gasteiger partial charge in [0.05, 0.1) is 0 Å². The first kappa shape index (κ1) is 14.5. The lowest BCUT2D eigenvalue weighted by Gasteiger charge is -2.21. The molecule has 0 aliphatic carbocycles. The predicted molar refractivity (Wildman–Crippen MR) is 77.5 cm³/mol. The minimum absolute atomic E-state index is 0.0774. The van der Waals surface area contributed by atoms with Crippen molar-refractivity contribution in [1.82, 2.24) is 10.2 Å². The van der Waals surface area contributed by atoms with Crippen LogP contribution < -0.4 is 5.32 Å². The van der Waals surface area contributed by atoms with Crippen molar-refractivity contribution in [3.05, 3.63) is 35.1 Å². The standard InChI is InChI=1S/C16H25FN2/c1-16(2,3)18-11-13-6-7-15(17)14(10-13)12-19-8-4-5-9-19/h6-7,10,18H,4-5,8-9,11-12H2,1-3H3. The summed E-state index contributed by atoms with van der Waals surface area (Å²) in [7, 11) is 0. The molecule has 1 heterocycles. The first-order valence-corrected chi connectivity index (χ1v) is 7.19. The molecule has 1 saturated heterocycles. The largest absolute Gasteiger partial charge is 0.308 e. The lowest BCUT2D eigenvalue weighted by molar-refractivity contribution is 0.325. The summed E-state index contributed by atoms with van der Waals surface area (Å²) in [5, 5.41) is 3.44. The van der Waals surface area contributed by atoms with Gasteiger partial charge in [-0.25, -0.2) is 4.39 Å². The third kappa shape index (κ3) is 4.59. The quantitative estimate of drug-likeness (QED) is 0.897. The van der Waals surface area contributed by atoms with Crippen molar-refractivity contribution in [1.29, 1.82) is 0 Å². The first-order chi connectivity index (χ1) is 8.94. The highest BCUT2D eigenvalue weighted by Crippen LogP contribution is 2.17. The number of halogens is 1. The molecule has 1 aromatic rings. The van der Waals surface area contributed by atoms with Gasteiger partial charge in [-0.05, 0) is 58.3 Å². The van der Waals surface area contributed by atoms with E-state index in [0.29, 0.717) is 0 Å². The number of rotatable bonds is 4. The van der Waals surface area contributed by atoms with Crippen LogP contribution in [-0.2, 0) is 13.1 Å². The fraction of sp³-hybridized carbons (Fsp3) is 0.625. The Morgan fingerprint density at radius 1 is 1.21 bits per heavy atom. The van der Waals surface area contributed by atoms with Crippen LogP contribution in [0.2, 0.25) is 0 Å². The van der Waals surface area contributed by atoms with Crippen molar-refractivity contribution in [3.8, 4) is 0 Å². The topological polar surface area (TPSA) is 15.3 Å². The molecule has 0 unspecified atom stereocenters. The molecule has 19 heavy (non-hydrogen) atoms. The highest BCUT2D eigenvalue weighted by Gasteiger charge is 2.15. The number of nitrogens with one attached hydrogen (secondary N) is 1. The Balaban J connectivity index is 2.01. The highest BCUT2D eigenvalue weighted by atomic mass is 19.1. The van der Waals surface area contributed by atoms with Crippen molar-refractivity contribution in [3.63, 3.8) is 0 Å². The molecular weight excluding hydrogens is 239 g/mol. The Bertz CT molecular complexity index is 417. The summed E-state index contributed by atoms with van der Waals surface area (Å²) < 4.78 is 13.9. The van der Waals surface area contributed by atoms with Crippen LogP contribution >= 0.6 is 0 Å². The van der Waals surface area contributed by atoms with Crippen LogP contribution in [0, 0.1) is 5.82 Å². The summed E-state index contributed by atoms with van der Waals surface area (Å²) in [6.07, 6.45) is 2.49. The molecule has 1 aliphatic rings. The Morgan fingerprint density at radius 2 is 1.89 bits per heavy atom.